The summed E-state index contributed by atoms with van der Waals surface area (Å²) in [5.74, 6) is 0.0625. The molecule has 0 saturated carbocycles. The van der Waals surface area contributed by atoms with E-state index in [0.717, 1.165) is 13.0 Å². The van der Waals surface area contributed by atoms with Crippen LogP contribution in [0, 0.1) is 0 Å². The molecule has 1 heterocycles. The maximum absolute atomic E-state index is 10.9. The lowest BCUT2D eigenvalue weighted by molar-refractivity contribution is -0.123. The first-order valence-electron chi connectivity index (χ1n) is 4.51. The highest BCUT2D eigenvalue weighted by Gasteiger charge is 2.33. The molecule has 72 valence electrons. The first-order valence-corrected chi connectivity index (χ1v) is 4.51. The van der Waals surface area contributed by atoms with Crippen LogP contribution in [0.3, 0.4) is 0 Å². The van der Waals surface area contributed by atoms with Crippen molar-refractivity contribution in [3.05, 3.63) is 0 Å². The Morgan fingerprint density at radius 1 is 1.50 bits per heavy atom. The molecule has 1 rings (SSSR count). The van der Waals surface area contributed by atoms with Gasteiger partial charge in [0, 0.05) is 6.54 Å². The Kier molecular flexibility index (Phi) is 5.09. The van der Waals surface area contributed by atoms with E-state index in [-0.39, 0.29) is 11.8 Å². The van der Waals surface area contributed by atoms with Crippen molar-refractivity contribution in [1.82, 2.24) is 4.90 Å². The van der Waals surface area contributed by atoms with E-state index in [1.165, 1.54) is 6.92 Å². The molecule has 12 heavy (non-hydrogen) atoms. The van der Waals surface area contributed by atoms with Gasteiger partial charge in [0.2, 0.25) is 0 Å². The molecule has 3 heteroatoms. The molecule has 0 bridgehead atoms. The van der Waals surface area contributed by atoms with Gasteiger partial charge in [-0.05, 0) is 20.4 Å². The van der Waals surface area contributed by atoms with Crippen LogP contribution in [0.25, 0.3) is 0 Å². The summed E-state index contributed by atoms with van der Waals surface area (Å²) in [7, 11) is 1.86. The van der Waals surface area contributed by atoms with Crippen molar-refractivity contribution in [2.24, 2.45) is 0 Å². The molecule has 1 aliphatic rings. The number of nitrogens with zero attached hydrogens (tertiary/aromatic N) is 1. The summed E-state index contributed by atoms with van der Waals surface area (Å²) in [6.07, 6.45) is 0.281. The van der Waals surface area contributed by atoms with Crippen molar-refractivity contribution in [2.75, 3.05) is 13.6 Å². The molecule has 1 saturated heterocycles. The van der Waals surface area contributed by atoms with Crippen LogP contribution in [-0.2, 0) is 4.79 Å². The molecule has 2 unspecified atom stereocenters. The summed E-state index contributed by atoms with van der Waals surface area (Å²) in [6.45, 7) is 6.35. The third-order valence-electron chi connectivity index (χ3n) is 2.03. The van der Waals surface area contributed by atoms with Crippen molar-refractivity contribution in [2.45, 2.75) is 39.3 Å². The van der Waals surface area contributed by atoms with Crippen molar-refractivity contribution in [3.8, 4) is 0 Å². The lowest BCUT2D eigenvalue weighted by Crippen LogP contribution is -2.38. The molecule has 0 amide bonds. The summed E-state index contributed by atoms with van der Waals surface area (Å²) in [5.41, 5.74) is 0. The molecule has 0 aromatic heterocycles. The Bertz CT molecular complexity index is 137. The Labute approximate surface area is 74.4 Å². The fraction of sp³-hybridized carbons (Fsp3) is 0.889. The van der Waals surface area contributed by atoms with E-state index in [1.54, 1.807) is 0 Å². The number of hydrogen-bond acceptors (Lipinski definition) is 3. The summed E-state index contributed by atoms with van der Waals surface area (Å²) in [6, 6.07) is -0.250. The molecule has 1 aliphatic heterocycles. The van der Waals surface area contributed by atoms with Crippen LogP contribution >= 0.6 is 0 Å². The Morgan fingerprint density at radius 2 is 2.00 bits per heavy atom. The molecule has 1 N–H and O–H groups in total. The van der Waals surface area contributed by atoms with Crippen LogP contribution in [0.5, 0.6) is 0 Å². The number of aliphatic hydroxyl groups excluding tert-OH is 1. The van der Waals surface area contributed by atoms with Crippen LogP contribution < -0.4 is 0 Å². The third kappa shape index (κ3) is 2.57. The predicted octanol–water partition coefficient (Wildman–Crippen LogP) is 0.667. The van der Waals surface area contributed by atoms with Crippen LogP contribution in [0.15, 0.2) is 0 Å². The van der Waals surface area contributed by atoms with Gasteiger partial charge in [0.25, 0.3) is 0 Å². The summed E-state index contributed by atoms with van der Waals surface area (Å²) in [4.78, 5) is 12.8. The van der Waals surface area contributed by atoms with E-state index in [4.69, 9.17) is 0 Å². The lowest BCUT2D eigenvalue weighted by atomic mass is 10.1. The van der Waals surface area contributed by atoms with E-state index < -0.39 is 6.10 Å². The minimum atomic E-state index is -0.442. The minimum Gasteiger partial charge on any atom is -0.391 e. The second-order valence-electron chi connectivity index (χ2n) is 2.89. The average Bonchev–Trinajstić information content (AvgIpc) is 2.35. The largest absolute Gasteiger partial charge is 0.391 e. The predicted molar refractivity (Wildman–Crippen MR) is 49.1 cm³/mol. The smallest absolute Gasteiger partial charge is 0.149 e. The summed E-state index contributed by atoms with van der Waals surface area (Å²) >= 11 is 0. The third-order valence-corrected chi connectivity index (χ3v) is 2.03. The number of hydrogen-bond donors (Lipinski definition) is 1. The topological polar surface area (TPSA) is 40.5 Å². The fourth-order valence-corrected chi connectivity index (χ4v) is 1.51. The molecule has 2 atom stereocenters. The molecular formula is C9H19NO2. The fourth-order valence-electron chi connectivity index (χ4n) is 1.51. The Balaban J connectivity index is 0.000000561. The first kappa shape index (κ1) is 11.6. The van der Waals surface area contributed by atoms with E-state index in [1.807, 2.05) is 25.8 Å². The highest BCUT2D eigenvalue weighted by molar-refractivity contribution is 5.82. The second kappa shape index (κ2) is 5.27. The summed E-state index contributed by atoms with van der Waals surface area (Å²) in [5, 5.41) is 9.27. The molecule has 0 radical (unpaired) electrons. The highest BCUT2D eigenvalue weighted by Crippen LogP contribution is 2.15. The Hall–Kier alpha value is -0.410. The lowest BCUT2D eigenvalue weighted by Gasteiger charge is -2.18. The van der Waals surface area contributed by atoms with Crippen LogP contribution in [0.1, 0.15) is 27.2 Å². The van der Waals surface area contributed by atoms with Crippen LogP contribution in [0.2, 0.25) is 0 Å². The van der Waals surface area contributed by atoms with Gasteiger partial charge < -0.3 is 5.11 Å². The molecule has 3 nitrogen and oxygen atoms in total. The number of Topliss-reactive ketones (excluding diaryl/α,β-unsaturated/α-hetero) is 1. The number of likely N-dealkylation sites (N-methyl/N-ethyl adjacent to an activating group) is 1. The normalized spacial score (nSPS) is 29.4. The number of likely N-dealkylation sites (tertiary alicyclic amines) is 1. The van der Waals surface area contributed by atoms with E-state index in [0.29, 0.717) is 0 Å². The highest BCUT2D eigenvalue weighted by atomic mass is 16.3. The van der Waals surface area contributed by atoms with Crippen molar-refractivity contribution >= 4 is 5.78 Å². The maximum Gasteiger partial charge on any atom is 0.149 e. The van der Waals surface area contributed by atoms with Gasteiger partial charge in [-0.25, -0.2) is 0 Å². The number of ketones is 1. The van der Waals surface area contributed by atoms with Crippen molar-refractivity contribution in [1.29, 1.82) is 0 Å². The number of rotatable bonds is 1. The number of aliphatic hydroxyl groups is 1. The standard InChI is InChI=1S/C7H13NO2.C2H6/c1-5(9)7-6(10)3-4-8(7)2;1-2/h6-7,10H,3-4H2,1-2H3;1-2H3. The van der Waals surface area contributed by atoms with Gasteiger partial charge >= 0.3 is 0 Å². The van der Waals surface area contributed by atoms with Gasteiger partial charge in [-0.3, -0.25) is 9.69 Å². The van der Waals surface area contributed by atoms with E-state index >= 15 is 0 Å². The van der Waals surface area contributed by atoms with Crippen molar-refractivity contribution < 1.29 is 9.90 Å². The van der Waals surface area contributed by atoms with Crippen LogP contribution in [-0.4, -0.2) is 41.5 Å². The van der Waals surface area contributed by atoms with Gasteiger partial charge in [0.15, 0.2) is 0 Å². The molecular weight excluding hydrogens is 154 g/mol. The molecule has 0 spiro atoms. The first-order chi connectivity index (χ1) is 5.63. The van der Waals surface area contributed by atoms with Gasteiger partial charge in [0.05, 0.1) is 12.1 Å². The zero-order chi connectivity index (χ0) is 9.72. The minimum absolute atomic E-state index is 0.0625. The van der Waals surface area contributed by atoms with Crippen molar-refractivity contribution in [3.63, 3.8) is 0 Å². The van der Waals surface area contributed by atoms with E-state index in [2.05, 4.69) is 0 Å². The average molecular weight is 173 g/mol. The summed E-state index contributed by atoms with van der Waals surface area (Å²) < 4.78 is 0. The van der Waals surface area contributed by atoms with Gasteiger partial charge in [0.1, 0.15) is 5.78 Å². The van der Waals surface area contributed by atoms with E-state index in [9.17, 15) is 9.90 Å². The van der Waals surface area contributed by atoms with Gasteiger partial charge in [-0.2, -0.15) is 0 Å². The molecule has 1 fully saturated rings. The van der Waals surface area contributed by atoms with Gasteiger partial charge in [-0.15, -0.1) is 0 Å². The number of carbonyl (C=O) groups is 1. The Morgan fingerprint density at radius 3 is 2.17 bits per heavy atom. The van der Waals surface area contributed by atoms with Crippen LogP contribution in [0.4, 0.5) is 0 Å². The second-order valence-corrected chi connectivity index (χ2v) is 2.89. The monoisotopic (exact) mass is 173 g/mol. The SMILES string of the molecule is CC.CC(=O)C1C(O)CCN1C. The zero-order valence-electron chi connectivity index (χ0n) is 8.37. The quantitative estimate of drug-likeness (QED) is 0.633. The maximum atomic E-state index is 10.9. The molecule has 0 aromatic rings. The molecule has 0 aliphatic carbocycles. The van der Waals surface area contributed by atoms with Gasteiger partial charge in [-0.1, -0.05) is 13.8 Å². The zero-order valence-corrected chi connectivity index (χ0v) is 8.37. The number of carbonyl (C=O) groups excluding carboxylic acids is 1. The molecule has 0 aromatic carbocycles.